The minimum absolute atomic E-state index is 0.276. The van der Waals surface area contributed by atoms with Crippen molar-refractivity contribution in [3.8, 4) is 0 Å². The van der Waals surface area contributed by atoms with E-state index in [4.69, 9.17) is 34.3 Å². The van der Waals surface area contributed by atoms with Crippen LogP contribution in [-0.4, -0.2) is 83.2 Å². The SMILES string of the molecule is CC(=O)OC[C@H]1O[C@@H](ON2C(C)(C)C=C(C(N)=O)C2(C)C)[C@H](OC(C)=O)[C@@H](OC(C)=O)[C@H]1OC(C)=O. The molecule has 202 valence electrons. The Morgan fingerprint density at radius 3 is 1.81 bits per heavy atom. The van der Waals surface area contributed by atoms with E-state index in [1.54, 1.807) is 33.8 Å². The second-order valence-electron chi connectivity index (χ2n) is 9.60. The molecule has 0 aromatic carbocycles. The van der Waals surface area contributed by atoms with Crippen LogP contribution >= 0.6 is 0 Å². The Balaban J connectivity index is 2.54. The summed E-state index contributed by atoms with van der Waals surface area (Å²) in [6, 6.07) is 0. The lowest BCUT2D eigenvalue weighted by Crippen LogP contribution is -2.65. The van der Waals surface area contributed by atoms with E-state index in [1.165, 1.54) is 12.0 Å². The van der Waals surface area contributed by atoms with Gasteiger partial charge in [-0.1, -0.05) is 6.08 Å². The van der Waals surface area contributed by atoms with Gasteiger partial charge in [-0.3, -0.25) is 28.8 Å². The Morgan fingerprint density at radius 1 is 0.861 bits per heavy atom. The Labute approximate surface area is 209 Å². The van der Waals surface area contributed by atoms with Gasteiger partial charge in [-0.25, -0.2) is 0 Å². The molecular weight excluding hydrogens is 480 g/mol. The number of amides is 1. The number of esters is 4. The zero-order valence-corrected chi connectivity index (χ0v) is 21.7. The van der Waals surface area contributed by atoms with Gasteiger partial charge in [0.15, 0.2) is 18.3 Å². The van der Waals surface area contributed by atoms with Gasteiger partial charge in [-0.05, 0) is 27.7 Å². The van der Waals surface area contributed by atoms with Gasteiger partial charge in [-0.2, -0.15) is 5.06 Å². The third-order valence-electron chi connectivity index (χ3n) is 5.61. The molecule has 0 aliphatic carbocycles. The lowest BCUT2D eigenvalue weighted by atomic mass is 9.96. The number of ether oxygens (including phenoxy) is 5. The summed E-state index contributed by atoms with van der Waals surface area (Å²) in [6.07, 6.45) is -5.07. The summed E-state index contributed by atoms with van der Waals surface area (Å²) in [5, 5.41) is 1.45. The van der Waals surface area contributed by atoms with Crippen LogP contribution in [0, 0.1) is 0 Å². The van der Waals surface area contributed by atoms with Gasteiger partial charge >= 0.3 is 23.9 Å². The quantitative estimate of drug-likeness (QED) is 0.347. The van der Waals surface area contributed by atoms with Crippen molar-refractivity contribution < 1.29 is 52.5 Å². The van der Waals surface area contributed by atoms with Crippen molar-refractivity contribution in [2.45, 2.75) is 97.2 Å². The predicted octanol–water partition coefficient (Wildman–Crippen LogP) is 0.286. The Bertz CT molecular complexity index is 942. The number of hydrogen-bond acceptors (Lipinski definition) is 12. The zero-order valence-electron chi connectivity index (χ0n) is 21.7. The second kappa shape index (κ2) is 10.9. The van der Waals surface area contributed by atoms with E-state index in [9.17, 15) is 24.0 Å². The number of hydroxylamine groups is 2. The first-order valence-electron chi connectivity index (χ1n) is 11.3. The lowest BCUT2D eigenvalue weighted by Gasteiger charge is -2.48. The maximum absolute atomic E-state index is 12.1. The van der Waals surface area contributed by atoms with Crippen molar-refractivity contribution in [2.75, 3.05) is 6.61 Å². The fraction of sp³-hybridized carbons (Fsp3) is 0.696. The summed E-state index contributed by atoms with van der Waals surface area (Å²) in [6.45, 7) is 11.1. The molecule has 2 N–H and O–H groups in total. The summed E-state index contributed by atoms with van der Waals surface area (Å²) >= 11 is 0. The summed E-state index contributed by atoms with van der Waals surface area (Å²) in [4.78, 5) is 65.6. The fourth-order valence-electron chi connectivity index (χ4n) is 4.44. The minimum Gasteiger partial charge on any atom is -0.463 e. The summed E-state index contributed by atoms with van der Waals surface area (Å²) in [5.41, 5.74) is 3.92. The maximum atomic E-state index is 12.1. The van der Waals surface area contributed by atoms with Gasteiger partial charge in [0.05, 0.1) is 11.1 Å². The average molecular weight is 515 g/mol. The molecule has 13 nitrogen and oxygen atoms in total. The van der Waals surface area contributed by atoms with Gasteiger partial charge in [0.25, 0.3) is 0 Å². The lowest BCUT2D eigenvalue weighted by molar-refractivity contribution is -0.386. The third kappa shape index (κ3) is 6.59. The van der Waals surface area contributed by atoms with E-state index < -0.39 is 78.2 Å². The van der Waals surface area contributed by atoms with Crippen LogP contribution < -0.4 is 5.73 Å². The van der Waals surface area contributed by atoms with Crippen LogP contribution in [0.5, 0.6) is 0 Å². The van der Waals surface area contributed by atoms with Gasteiger partial charge in [0.1, 0.15) is 12.7 Å². The van der Waals surface area contributed by atoms with Crippen LogP contribution in [0.2, 0.25) is 0 Å². The normalized spacial score (nSPS) is 29.0. The molecule has 0 spiro atoms. The van der Waals surface area contributed by atoms with E-state index in [0.717, 1.165) is 20.8 Å². The van der Waals surface area contributed by atoms with E-state index in [2.05, 4.69) is 0 Å². The summed E-state index contributed by atoms with van der Waals surface area (Å²) in [5.74, 6) is -3.56. The van der Waals surface area contributed by atoms with Crippen molar-refractivity contribution in [2.24, 2.45) is 5.73 Å². The molecule has 0 bridgehead atoms. The van der Waals surface area contributed by atoms with Crippen LogP contribution in [0.4, 0.5) is 0 Å². The highest BCUT2D eigenvalue weighted by atomic mass is 16.8. The van der Waals surface area contributed by atoms with E-state index in [-0.39, 0.29) is 5.57 Å². The number of nitrogens with two attached hydrogens (primary N) is 1. The molecule has 5 atom stereocenters. The van der Waals surface area contributed by atoms with Crippen LogP contribution in [0.1, 0.15) is 55.4 Å². The molecule has 0 radical (unpaired) electrons. The predicted molar refractivity (Wildman–Crippen MR) is 120 cm³/mol. The molecule has 0 aromatic rings. The number of hydrogen-bond donors (Lipinski definition) is 1. The average Bonchev–Trinajstić information content (AvgIpc) is 2.89. The molecular formula is C23H34N2O11. The van der Waals surface area contributed by atoms with E-state index in [1.807, 2.05) is 0 Å². The number of carbonyl (C=O) groups excluding carboxylic acids is 5. The molecule has 2 rings (SSSR count). The van der Waals surface area contributed by atoms with Crippen LogP contribution in [0.3, 0.4) is 0 Å². The van der Waals surface area contributed by atoms with Crippen LogP contribution in [0.15, 0.2) is 11.6 Å². The number of primary amides is 1. The highest BCUT2D eigenvalue weighted by Gasteiger charge is 2.56. The molecule has 1 amide bonds. The van der Waals surface area contributed by atoms with E-state index >= 15 is 0 Å². The van der Waals surface area contributed by atoms with Crippen molar-refractivity contribution in [3.63, 3.8) is 0 Å². The highest BCUT2D eigenvalue weighted by Crippen LogP contribution is 2.42. The number of rotatable bonds is 8. The Hall–Kier alpha value is -3.03. The monoisotopic (exact) mass is 514 g/mol. The summed E-state index contributed by atoms with van der Waals surface area (Å²) in [7, 11) is 0. The minimum atomic E-state index is -1.44. The molecule has 2 aliphatic heterocycles. The van der Waals surface area contributed by atoms with Crippen molar-refractivity contribution >= 4 is 29.8 Å². The number of nitrogens with zero attached hydrogens (tertiary/aromatic N) is 1. The topological polar surface area (TPSA) is 170 Å². The standard InChI is InChI=1S/C23H34N2O11/c1-11(26)31-10-16-17(32-12(2)27)18(33-13(3)28)19(34-14(4)29)21(35-16)36-25-22(5,6)9-15(20(24)30)23(25,7)8/h9,16-19,21H,10H2,1-8H3,(H2,24,30)/t16-,17+,18+,19-,21+/m1/s1. The number of carbonyl (C=O) groups is 5. The van der Waals surface area contributed by atoms with Crippen molar-refractivity contribution in [1.82, 2.24) is 5.06 Å². The molecule has 2 heterocycles. The largest absolute Gasteiger partial charge is 0.463 e. The third-order valence-corrected chi connectivity index (χ3v) is 5.61. The van der Waals surface area contributed by atoms with Crippen molar-refractivity contribution in [1.29, 1.82) is 0 Å². The zero-order chi connectivity index (χ0) is 27.6. The van der Waals surface area contributed by atoms with E-state index in [0.29, 0.717) is 0 Å². The van der Waals surface area contributed by atoms with Gasteiger partial charge in [0.2, 0.25) is 12.2 Å². The molecule has 0 unspecified atom stereocenters. The van der Waals surface area contributed by atoms with Crippen molar-refractivity contribution in [3.05, 3.63) is 11.6 Å². The van der Waals surface area contributed by atoms with Gasteiger partial charge in [-0.15, -0.1) is 0 Å². The molecule has 0 saturated carbocycles. The first kappa shape index (κ1) is 29.2. The van der Waals surface area contributed by atoms with Gasteiger partial charge < -0.3 is 29.4 Å². The molecule has 0 aromatic heterocycles. The molecule has 2 aliphatic rings. The molecule has 1 saturated heterocycles. The van der Waals surface area contributed by atoms with Crippen LogP contribution in [0.25, 0.3) is 0 Å². The Kier molecular flexibility index (Phi) is 8.86. The van der Waals surface area contributed by atoms with Gasteiger partial charge in [0, 0.05) is 33.3 Å². The summed E-state index contributed by atoms with van der Waals surface area (Å²) < 4.78 is 27.2. The fourth-order valence-corrected chi connectivity index (χ4v) is 4.44. The molecule has 1 fully saturated rings. The first-order chi connectivity index (χ1) is 16.5. The highest BCUT2D eigenvalue weighted by molar-refractivity contribution is 5.95. The Morgan fingerprint density at radius 2 is 1.36 bits per heavy atom. The second-order valence-corrected chi connectivity index (χ2v) is 9.60. The first-order valence-corrected chi connectivity index (χ1v) is 11.3. The molecule has 36 heavy (non-hydrogen) atoms. The smallest absolute Gasteiger partial charge is 0.303 e. The molecule has 13 heteroatoms. The maximum Gasteiger partial charge on any atom is 0.303 e. The van der Waals surface area contributed by atoms with Crippen LogP contribution in [-0.2, 0) is 52.5 Å².